The van der Waals surface area contributed by atoms with Gasteiger partial charge in [-0.15, -0.1) is 0 Å². The molecule has 2 aliphatic rings. The van der Waals surface area contributed by atoms with Crippen molar-refractivity contribution in [2.75, 3.05) is 32.6 Å². The summed E-state index contributed by atoms with van der Waals surface area (Å²) in [6.07, 6.45) is 5.52. The Kier molecular flexibility index (Phi) is 5.00. The third-order valence-corrected chi connectivity index (χ3v) is 5.51. The van der Waals surface area contributed by atoms with Crippen LogP contribution in [0.25, 0.3) is 0 Å². The molecule has 0 bridgehead atoms. The summed E-state index contributed by atoms with van der Waals surface area (Å²) in [7, 11) is -1.61. The molecule has 1 saturated carbocycles. The van der Waals surface area contributed by atoms with Crippen molar-refractivity contribution in [2.45, 2.75) is 44.2 Å². The molecule has 5 nitrogen and oxygen atoms in total. The minimum absolute atomic E-state index is 0.104. The highest BCUT2D eigenvalue weighted by molar-refractivity contribution is 7.89. The molecule has 0 aromatic carbocycles. The molecule has 1 unspecified atom stereocenters. The lowest BCUT2D eigenvalue weighted by molar-refractivity contribution is 0.214. The van der Waals surface area contributed by atoms with E-state index in [1.807, 2.05) is 0 Å². The van der Waals surface area contributed by atoms with Crippen molar-refractivity contribution in [2.24, 2.45) is 0 Å². The van der Waals surface area contributed by atoms with E-state index in [9.17, 15) is 8.42 Å². The summed E-state index contributed by atoms with van der Waals surface area (Å²) >= 11 is 0. The first-order chi connectivity index (χ1) is 8.63. The number of piperidine rings is 1. The fraction of sp³-hybridized carbons (Fsp3) is 1.00. The fourth-order valence-electron chi connectivity index (χ4n) is 2.46. The summed E-state index contributed by atoms with van der Waals surface area (Å²) in [6.45, 7) is 1.93. The molecule has 1 N–H and O–H groups in total. The van der Waals surface area contributed by atoms with Gasteiger partial charge in [0, 0.05) is 25.7 Å². The Morgan fingerprint density at radius 1 is 1.28 bits per heavy atom. The molecule has 1 saturated heterocycles. The number of methoxy groups -OCH3 is 1. The second kappa shape index (κ2) is 6.32. The van der Waals surface area contributed by atoms with Gasteiger partial charge in [0.25, 0.3) is 0 Å². The van der Waals surface area contributed by atoms with E-state index >= 15 is 0 Å². The lowest BCUT2D eigenvalue weighted by Gasteiger charge is -2.30. The third kappa shape index (κ3) is 3.91. The van der Waals surface area contributed by atoms with Crippen LogP contribution in [-0.4, -0.2) is 57.4 Å². The highest BCUT2D eigenvalue weighted by Gasteiger charge is 2.38. The van der Waals surface area contributed by atoms with E-state index in [1.54, 1.807) is 11.4 Å². The van der Waals surface area contributed by atoms with Crippen molar-refractivity contribution < 1.29 is 13.2 Å². The molecule has 6 heteroatoms. The molecule has 0 radical (unpaired) electrons. The van der Waals surface area contributed by atoms with Crippen LogP contribution in [0.1, 0.15) is 32.1 Å². The van der Waals surface area contributed by atoms with Gasteiger partial charge in [-0.2, -0.15) is 4.31 Å². The van der Waals surface area contributed by atoms with Gasteiger partial charge >= 0.3 is 0 Å². The van der Waals surface area contributed by atoms with Crippen molar-refractivity contribution in [3.05, 3.63) is 0 Å². The van der Waals surface area contributed by atoms with E-state index in [4.69, 9.17) is 4.74 Å². The van der Waals surface area contributed by atoms with E-state index in [0.29, 0.717) is 12.6 Å². The van der Waals surface area contributed by atoms with Crippen LogP contribution >= 0.6 is 0 Å². The molecule has 1 atom stereocenters. The van der Waals surface area contributed by atoms with Gasteiger partial charge in [-0.05, 0) is 32.2 Å². The predicted octanol–water partition coefficient (Wildman–Crippen LogP) is 0.569. The Hall–Kier alpha value is -0.170. The number of rotatable bonds is 7. The molecule has 1 aliphatic heterocycles. The average Bonchev–Trinajstić information content (AvgIpc) is 3.19. The normalized spacial score (nSPS) is 25.6. The summed E-state index contributed by atoms with van der Waals surface area (Å²) in [5.41, 5.74) is 0. The smallest absolute Gasteiger partial charge is 0.216 e. The fourth-order valence-corrected chi connectivity index (χ4v) is 4.14. The maximum absolute atomic E-state index is 12.3. The topological polar surface area (TPSA) is 58.6 Å². The van der Waals surface area contributed by atoms with Gasteiger partial charge in [0.05, 0.1) is 12.4 Å². The molecule has 2 fully saturated rings. The van der Waals surface area contributed by atoms with Gasteiger partial charge in [0.1, 0.15) is 0 Å². The lowest BCUT2D eigenvalue weighted by atomic mass is 10.1. The molecule has 0 amide bonds. The van der Waals surface area contributed by atoms with Crippen molar-refractivity contribution in [1.29, 1.82) is 0 Å². The summed E-state index contributed by atoms with van der Waals surface area (Å²) in [5.74, 6) is 0.104. The predicted molar refractivity (Wildman–Crippen MR) is 71.0 cm³/mol. The standard InChI is InChI=1S/C12H24N2O3S/c1-17-8-9-18(15,16)14(12-5-6-12)10-11-4-2-3-7-13-11/h11-13H,2-10H2,1H3. The zero-order valence-corrected chi connectivity index (χ0v) is 11.9. The van der Waals surface area contributed by atoms with Gasteiger partial charge in [0.2, 0.25) is 10.0 Å². The third-order valence-electron chi connectivity index (χ3n) is 3.67. The number of ether oxygens (including phenoxy) is 1. The Morgan fingerprint density at radius 3 is 2.61 bits per heavy atom. The van der Waals surface area contributed by atoms with Crippen LogP contribution in [0.4, 0.5) is 0 Å². The summed E-state index contributed by atoms with van der Waals surface area (Å²) in [6, 6.07) is 0.576. The molecule has 0 spiro atoms. The van der Waals surface area contributed by atoms with Crippen LogP contribution in [0, 0.1) is 0 Å². The van der Waals surface area contributed by atoms with Gasteiger partial charge in [-0.25, -0.2) is 8.42 Å². The van der Waals surface area contributed by atoms with Gasteiger partial charge in [0.15, 0.2) is 0 Å². The Morgan fingerprint density at radius 2 is 2.06 bits per heavy atom. The second-order valence-corrected chi connectivity index (χ2v) is 7.30. The minimum Gasteiger partial charge on any atom is -0.384 e. The lowest BCUT2D eigenvalue weighted by Crippen LogP contribution is -2.47. The molecule has 2 rings (SSSR count). The maximum Gasteiger partial charge on any atom is 0.216 e. The van der Waals surface area contributed by atoms with Crippen LogP contribution < -0.4 is 5.32 Å². The second-order valence-electron chi connectivity index (χ2n) is 5.26. The number of hydrogen-bond acceptors (Lipinski definition) is 4. The SMILES string of the molecule is COCCS(=O)(=O)N(CC1CCCCN1)C1CC1. The Labute approximate surface area is 110 Å². The molecule has 1 aliphatic carbocycles. The van der Waals surface area contributed by atoms with Crippen LogP contribution in [-0.2, 0) is 14.8 Å². The largest absolute Gasteiger partial charge is 0.384 e. The molecule has 18 heavy (non-hydrogen) atoms. The van der Waals surface area contributed by atoms with Crippen LogP contribution in [0.2, 0.25) is 0 Å². The summed E-state index contributed by atoms with van der Waals surface area (Å²) < 4.78 is 31.1. The number of nitrogens with one attached hydrogen (secondary N) is 1. The first-order valence-corrected chi connectivity index (χ1v) is 8.46. The van der Waals surface area contributed by atoms with Crippen LogP contribution in [0.3, 0.4) is 0 Å². The van der Waals surface area contributed by atoms with Gasteiger partial charge in [-0.1, -0.05) is 6.42 Å². The van der Waals surface area contributed by atoms with E-state index in [0.717, 1.165) is 25.8 Å². The van der Waals surface area contributed by atoms with Crippen LogP contribution in [0.15, 0.2) is 0 Å². The number of sulfonamides is 1. The van der Waals surface area contributed by atoms with Crippen molar-refractivity contribution in [3.8, 4) is 0 Å². The molecule has 106 valence electrons. The van der Waals surface area contributed by atoms with Gasteiger partial charge < -0.3 is 10.1 Å². The molecule has 0 aromatic rings. The van der Waals surface area contributed by atoms with Crippen molar-refractivity contribution >= 4 is 10.0 Å². The number of nitrogens with zero attached hydrogens (tertiary/aromatic N) is 1. The van der Waals surface area contributed by atoms with Gasteiger partial charge in [-0.3, -0.25) is 0 Å². The molecular weight excluding hydrogens is 252 g/mol. The quantitative estimate of drug-likeness (QED) is 0.738. The molecule has 1 heterocycles. The van der Waals surface area contributed by atoms with Crippen molar-refractivity contribution in [1.82, 2.24) is 9.62 Å². The zero-order valence-electron chi connectivity index (χ0n) is 11.1. The number of hydrogen-bond donors (Lipinski definition) is 1. The summed E-state index contributed by atoms with van der Waals surface area (Å²) in [5, 5.41) is 3.42. The Balaban J connectivity index is 1.94. The molecular formula is C12H24N2O3S. The maximum atomic E-state index is 12.3. The summed E-state index contributed by atoms with van der Waals surface area (Å²) in [4.78, 5) is 0. The van der Waals surface area contributed by atoms with E-state index in [2.05, 4.69) is 5.32 Å². The first-order valence-electron chi connectivity index (χ1n) is 6.85. The highest BCUT2D eigenvalue weighted by atomic mass is 32.2. The zero-order chi connectivity index (χ0) is 13.0. The average molecular weight is 276 g/mol. The monoisotopic (exact) mass is 276 g/mol. The molecule has 0 aromatic heterocycles. The van der Waals surface area contributed by atoms with E-state index < -0.39 is 10.0 Å². The van der Waals surface area contributed by atoms with Crippen LogP contribution in [0.5, 0.6) is 0 Å². The van der Waals surface area contributed by atoms with Crippen molar-refractivity contribution in [3.63, 3.8) is 0 Å². The first kappa shape index (κ1) is 14.2. The Bertz CT molecular complexity index is 348. The van der Waals surface area contributed by atoms with E-state index in [-0.39, 0.29) is 18.4 Å². The van der Waals surface area contributed by atoms with E-state index in [1.165, 1.54) is 12.8 Å². The highest BCUT2D eigenvalue weighted by Crippen LogP contribution is 2.30. The minimum atomic E-state index is -3.15.